The highest BCUT2D eigenvalue weighted by Crippen LogP contribution is 2.38. The molecule has 2 amide bonds. The Labute approximate surface area is 436 Å². The zero-order chi connectivity index (χ0) is 54.8. The number of aliphatic carboxylic acids is 1. The van der Waals surface area contributed by atoms with Gasteiger partial charge in [-0.2, -0.15) is 0 Å². The summed E-state index contributed by atoms with van der Waals surface area (Å²) in [6.07, 6.45) is -6.77. The molecular formula is C51H94N2O21. The largest absolute Gasteiger partial charge is 0.477 e. The van der Waals surface area contributed by atoms with E-state index in [4.69, 9.17) is 28.4 Å². The molecule has 3 aliphatic rings. The van der Waals surface area contributed by atoms with E-state index in [1.165, 1.54) is 64.2 Å². The molecule has 23 nitrogen and oxygen atoms in total. The second-order valence-electron chi connectivity index (χ2n) is 20.5. The Bertz CT molecular complexity index is 1550. The molecule has 0 spiro atoms. The molecule has 3 fully saturated rings. The predicted molar refractivity (Wildman–Crippen MR) is 265 cm³/mol. The highest BCUT2D eigenvalue weighted by molar-refractivity contribution is 5.77. The van der Waals surface area contributed by atoms with Crippen LogP contribution in [0.3, 0.4) is 0 Å². The number of aliphatic hydroxyl groups excluding tert-OH is 11. The van der Waals surface area contributed by atoms with Crippen LogP contribution in [0.15, 0.2) is 0 Å². The van der Waals surface area contributed by atoms with E-state index in [0.29, 0.717) is 19.3 Å². The number of unbranched alkanes of at least 4 members (excludes halogenated alkanes) is 18. The maximum absolute atomic E-state index is 13.2. The van der Waals surface area contributed by atoms with Crippen LogP contribution in [-0.4, -0.2) is 215 Å². The summed E-state index contributed by atoms with van der Waals surface area (Å²) in [5.41, 5.74) is 0. The fraction of sp³-hybridized carbons (Fsp3) is 0.941. The Kier molecular flexibility index (Phi) is 31.5. The lowest BCUT2D eigenvalue weighted by Gasteiger charge is -2.50. The molecule has 0 aromatic rings. The van der Waals surface area contributed by atoms with E-state index in [2.05, 4.69) is 24.5 Å². The fourth-order valence-corrected chi connectivity index (χ4v) is 9.83. The molecule has 434 valence electrons. The standard InChI is InChI=1S/C51H94N2O21/c1-4-6-8-10-12-14-16-18-20-22-24-33(58)32(53-38(61)25-23-21-19-17-15-13-11-9-7-5-2)30-69-48-43(65)42(64)45(37(29-56)71-48)72-49-44(66)47(41(63)36(28-55)70-49)74-51(50(67)68)26-34(59)39(52-31(3)57)46(73-51)40(62)35(60)27-54/h32-37,39-49,54-56,58-60,62-66H,4-30H2,1-3H3,(H,52,57)(H,53,61)(H,67,68). The number of ether oxygens (including phenoxy) is 6. The highest BCUT2D eigenvalue weighted by atomic mass is 16.8. The van der Waals surface area contributed by atoms with E-state index in [-0.39, 0.29) is 18.9 Å². The summed E-state index contributed by atoms with van der Waals surface area (Å²) >= 11 is 0. The first-order valence-corrected chi connectivity index (χ1v) is 27.4. The van der Waals surface area contributed by atoms with Gasteiger partial charge in [-0.1, -0.05) is 136 Å². The molecule has 3 rings (SSSR count). The predicted octanol–water partition coefficient (Wildman–Crippen LogP) is 0.269. The van der Waals surface area contributed by atoms with Crippen LogP contribution < -0.4 is 10.6 Å². The van der Waals surface area contributed by atoms with Gasteiger partial charge in [-0.05, 0) is 12.8 Å². The van der Waals surface area contributed by atoms with E-state index < -0.39 is 148 Å². The summed E-state index contributed by atoms with van der Waals surface area (Å²) in [4.78, 5) is 38.2. The molecule has 18 unspecified atom stereocenters. The van der Waals surface area contributed by atoms with Gasteiger partial charge in [0.1, 0.15) is 67.1 Å². The van der Waals surface area contributed by atoms with Crippen LogP contribution >= 0.6 is 0 Å². The molecule has 0 aliphatic carbocycles. The molecular weight excluding hydrogens is 977 g/mol. The number of hydrogen-bond donors (Lipinski definition) is 14. The maximum atomic E-state index is 13.2. The quantitative estimate of drug-likeness (QED) is 0.0369. The van der Waals surface area contributed by atoms with Crippen LogP contribution in [0.5, 0.6) is 0 Å². The minimum absolute atomic E-state index is 0.226. The van der Waals surface area contributed by atoms with Crippen molar-refractivity contribution < 1.29 is 104 Å². The van der Waals surface area contributed by atoms with E-state index in [1.54, 1.807) is 0 Å². The Morgan fingerprint density at radius 3 is 1.69 bits per heavy atom. The van der Waals surface area contributed by atoms with Gasteiger partial charge in [-0.25, -0.2) is 4.79 Å². The maximum Gasteiger partial charge on any atom is 0.364 e. The molecule has 74 heavy (non-hydrogen) atoms. The van der Waals surface area contributed by atoms with Gasteiger partial charge >= 0.3 is 5.97 Å². The number of carboxylic acid groups (broad SMARTS) is 1. The van der Waals surface area contributed by atoms with Gasteiger partial charge in [0.25, 0.3) is 5.79 Å². The lowest BCUT2D eigenvalue weighted by Crippen LogP contribution is -2.70. The summed E-state index contributed by atoms with van der Waals surface area (Å²) in [5.74, 6) is -6.10. The average molecular weight is 1070 g/mol. The fourth-order valence-electron chi connectivity index (χ4n) is 9.83. The van der Waals surface area contributed by atoms with Crippen molar-refractivity contribution in [2.75, 3.05) is 26.4 Å². The highest BCUT2D eigenvalue weighted by Gasteiger charge is 2.60. The normalized spacial score (nSPS) is 32.1. The molecule has 23 heteroatoms. The third kappa shape index (κ3) is 20.8. The van der Waals surface area contributed by atoms with Crippen LogP contribution in [0.1, 0.15) is 168 Å². The van der Waals surface area contributed by atoms with Crippen LogP contribution in [0.25, 0.3) is 0 Å². The molecule has 0 aromatic carbocycles. The van der Waals surface area contributed by atoms with Crippen LogP contribution in [-0.2, 0) is 42.8 Å². The number of hydrogen-bond acceptors (Lipinski definition) is 20. The molecule has 0 bridgehead atoms. The summed E-state index contributed by atoms with van der Waals surface area (Å²) in [7, 11) is 0. The molecule has 0 saturated carbocycles. The third-order valence-corrected chi connectivity index (χ3v) is 14.3. The summed E-state index contributed by atoms with van der Waals surface area (Å²) in [5, 5.41) is 135. The molecule has 3 heterocycles. The van der Waals surface area contributed by atoms with Crippen molar-refractivity contribution in [3.63, 3.8) is 0 Å². The topological polar surface area (TPSA) is 373 Å². The second-order valence-corrected chi connectivity index (χ2v) is 20.5. The van der Waals surface area contributed by atoms with Crippen molar-refractivity contribution >= 4 is 17.8 Å². The van der Waals surface area contributed by atoms with E-state index in [1.807, 2.05) is 0 Å². The Morgan fingerprint density at radius 2 is 1.18 bits per heavy atom. The number of carbonyl (C=O) groups excluding carboxylic acids is 2. The van der Waals surface area contributed by atoms with Gasteiger partial charge < -0.3 is 100 Å². The molecule has 0 radical (unpaired) electrons. The molecule has 3 saturated heterocycles. The summed E-state index contributed by atoms with van der Waals surface area (Å²) in [6, 6.07) is -2.52. The first-order chi connectivity index (χ1) is 35.4. The monoisotopic (exact) mass is 1070 g/mol. The van der Waals surface area contributed by atoms with Gasteiger partial charge in [0.15, 0.2) is 12.6 Å². The lowest BCUT2D eigenvalue weighted by molar-refractivity contribution is -0.386. The summed E-state index contributed by atoms with van der Waals surface area (Å²) < 4.78 is 34.6. The first-order valence-electron chi connectivity index (χ1n) is 27.4. The average Bonchev–Trinajstić information content (AvgIpc) is 3.37. The number of amides is 2. The van der Waals surface area contributed by atoms with Crippen molar-refractivity contribution in [1.29, 1.82) is 0 Å². The Hall–Kier alpha value is -2.27. The van der Waals surface area contributed by atoms with Crippen LogP contribution in [0.4, 0.5) is 0 Å². The molecule has 0 aromatic heterocycles. The summed E-state index contributed by atoms with van der Waals surface area (Å²) in [6.45, 7) is 2.10. The number of carbonyl (C=O) groups is 3. The zero-order valence-electron chi connectivity index (χ0n) is 43.9. The zero-order valence-corrected chi connectivity index (χ0v) is 43.9. The second kappa shape index (κ2) is 35.3. The molecule has 18 atom stereocenters. The number of nitrogens with one attached hydrogen (secondary N) is 2. The van der Waals surface area contributed by atoms with Crippen molar-refractivity contribution in [2.45, 2.75) is 278 Å². The third-order valence-electron chi connectivity index (χ3n) is 14.3. The smallest absolute Gasteiger partial charge is 0.364 e. The van der Waals surface area contributed by atoms with Gasteiger partial charge in [-0.15, -0.1) is 0 Å². The Balaban J connectivity index is 1.72. The number of rotatable bonds is 38. The van der Waals surface area contributed by atoms with E-state index in [9.17, 15) is 75.7 Å². The molecule has 14 N–H and O–H groups in total. The minimum atomic E-state index is -3.07. The van der Waals surface area contributed by atoms with Crippen LogP contribution in [0.2, 0.25) is 0 Å². The van der Waals surface area contributed by atoms with E-state index >= 15 is 0 Å². The SMILES string of the molecule is CCCCCCCCCCCCC(=O)NC(COC1OC(CO)C(OC2OC(CO)C(O)C(OC3(C(=O)O)CC(O)C(NC(C)=O)C(C(O)C(O)CO)O3)C2O)C(O)C1O)C(O)CCCCCCCCCCCC. The van der Waals surface area contributed by atoms with Crippen molar-refractivity contribution in [3.8, 4) is 0 Å². The van der Waals surface area contributed by atoms with Crippen molar-refractivity contribution in [2.24, 2.45) is 0 Å². The van der Waals surface area contributed by atoms with Crippen molar-refractivity contribution in [1.82, 2.24) is 10.6 Å². The lowest BCUT2D eigenvalue weighted by atomic mass is 9.88. The van der Waals surface area contributed by atoms with Gasteiger partial charge in [0.2, 0.25) is 11.8 Å². The minimum Gasteiger partial charge on any atom is -0.477 e. The first kappa shape index (κ1) is 66.0. The van der Waals surface area contributed by atoms with Gasteiger partial charge in [0, 0.05) is 19.8 Å². The Morgan fingerprint density at radius 1 is 0.649 bits per heavy atom. The van der Waals surface area contributed by atoms with E-state index in [0.717, 1.165) is 58.3 Å². The van der Waals surface area contributed by atoms with Gasteiger partial charge in [0.05, 0.1) is 50.7 Å². The number of carboxylic acids is 1. The number of aliphatic hydroxyl groups is 11. The van der Waals surface area contributed by atoms with Crippen molar-refractivity contribution in [3.05, 3.63) is 0 Å². The van der Waals surface area contributed by atoms with Gasteiger partial charge in [-0.3, -0.25) is 9.59 Å². The van der Waals surface area contributed by atoms with Crippen LogP contribution in [0, 0.1) is 0 Å². The molecule has 3 aliphatic heterocycles.